The fraction of sp³-hybridized carbons (Fsp3) is 0.435. The minimum absolute atomic E-state index is 0.0138. The summed E-state index contributed by atoms with van der Waals surface area (Å²) in [6.45, 7) is 2.48. The smallest absolute Gasteiger partial charge is 0.251 e. The van der Waals surface area contributed by atoms with E-state index in [1.165, 1.54) is 7.11 Å². The van der Waals surface area contributed by atoms with Crippen LogP contribution in [0.1, 0.15) is 29.6 Å². The molecule has 1 aliphatic heterocycles. The van der Waals surface area contributed by atoms with Crippen molar-refractivity contribution in [1.82, 2.24) is 15.2 Å². The second-order valence-electron chi connectivity index (χ2n) is 7.30. The highest BCUT2D eigenvalue weighted by Crippen LogP contribution is 2.20. The maximum atomic E-state index is 12.3. The lowest BCUT2D eigenvalue weighted by Crippen LogP contribution is -2.43. The largest absolute Gasteiger partial charge is 0.492 e. The predicted molar refractivity (Wildman–Crippen MR) is 115 cm³/mol. The number of likely N-dealkylation sites (tertiary alicyclic amines) is 1. The molecule has 2 amide bonds. The highest BCUT2D eigenvalue weighted by molar-refractivity contribution is 5.94. The Morgan fingerprint density at radius 2 is 1.90 bits per heavy atom. The summed E-state index contributed by atoms with van der Waals surface area (Å²) in [5.41, 5.74) is 0.584. The molecule has 1 aromatic carbocycles. The predicted octanol–water partition coefficient (Wildman–Crippen LogP) is 2.30. The average molecular weight is 428 g/mol. The lowest BCUT2D eigenvalue weighted by Gasteiger charge is -2.32. The molecule has 0 aliphatic carbocycles. The average Bonchev–Trinajstić information content (AvgIpc) is 2.80. The van der Waals surface area contributed by atoms with E-state index in [1.54, 1.807) is 29.4 Å². The Morgan fingerprint density at radius 3 is 2.58 bits per heavy atom. The molecular weight excluding hydrogens is 398 g/mol. The Labute approximate surface area is 182 Å². The molecule has 8 heteroatoms. The molecular formula is C23H29N3O5. The molecule has 2 aromatic rings. The van der Waals surface area contributed by atoms with Crippen molar-refractivity contribution in [3.63, 3.8) is 0 Å². The van der Waals surface area contributed by atoms with Crippen LogP contribution in [0.5, 0.6) is 11.5 Å². The van der Waals surface area contributed by atoms with E-state index >= 15 is 0 Å². The van der Waals surface area contributed by atoms with Gasteiger partial charge in [-0.15, -0.1) is 0 Å². The first-order valence-corrected chi connectivity index (χ1v) is 10.5. The van der Waals surface area contributed by atoms with Crippen LogP contribution in [0.2, 0.25) is 0 Å². The van der Waals surface area contributed by atoms with E-state index in [0.29, 0.717) is 38.2 Å². The van der Waals surface area contributed by atoms with E-state index in [2.05, 4.69) is 10.3 Å². The third-order valence-electron chi connectivity index (χ3n) is 4.99. The fourth-order valence-corrected chi connectivity index (χ4v) is 3.31. The van der Waals surface area contributed by atoms with Gasteiger partial charge < -0.3 is 24.4 Å². The van der Waals surface area contributed by atoms with Crippen molar-refractivity contribution in [2.24, 2.45) is 0 Å². The maximum absolute atomic E-state index is 12.3. The van der Waals surface area contributed by atoms with Crippen LogP contribution in [0.4, 0.5) is 0 Å². The third-order valence-corrected chi connectivity index (χ3v) is 4.99. The lowest BCUT2D eigenvalue weighted by atomic mass is 10.1. The van der Waals surface area contributed by atoms with Gasteiger partial charge in [-0.05, 0) is 42.8 Å². The number of rotatable bonds is 10. The van der Waals surface area contributed by atoms with Crippen molar-refractivity contribution in [3.8, 4) is 11.5 Å². The van der Waals surface area contributed by atoms with Crippen LogP contribution in [0.3, 0.4) is 0 Å². The normalized spacial score (nSPS) is 14.2. The van der Waals surface area contributed by atoms with Gasteiger partial charge in [0.1, 0.15) is 24.2 Å². The molecule has 166 valence electrons. The zero-order chi connectivity index (χ0) is 21.9. The minimum Gasteiger partial charge on any atom is -0.492 e. The molecule has 3 rings (SSSR count). The first-order valence-electron chi connectivity index (χ1n) is 10.5. The first-order chi connectivity index (χ1) is 15.2. The number of amides is 2. The molecule has 0 bridgehead atoms. The second kappa shape index (κ2) is 11.9. The molecule has 2 heterocycles. The Morgan fingerprint density at radius 1 is 1.13 bits per heavy atom. The van der Waals surface area contributed by atoms with Crippen LogP contribution in [0.15, 0.2) is 48.8 Å². The van der Waals surface area contributed by atoms with Gasteiger partial charge in [0, 0.05) is 51.3 Å². The number of methoxy groups -OCH3 is 1. The molecule has 1 aliphatic rings. The third kappa shape index (κ3) is 7.25. The minimum atomic E-state index is -0.127. The number of aromatic nitrogens is 1. The van der Waals surface area contributed by atoms with E-state index < -0.39 is 0 Å². The van der Waals surface area contributed by atoms with Gasteiger partial charge in [0.15, 0.2) is 0 Å². The van der Waals surface area contributed by atoms with E-state index in [4.69, 9.17) is 14.2 Å². The Hall–Kier alpha value is -3.13. The molecule has 0 atom stereocenters. The number of nitrogens with zero attached hydrogens (tertiary/aromatic N) is 2. The molecule has 0 unspecified atom stereocenters. The van der Waals surface area contributed by atoms with Gasteiger partial charge in [-0.25, -0.2) is 0 Å². The molecule has 31 heavy (non-hydrogen) atoms. The zero-order valence-corrected chi connectivity index (χ0v) is 17.8. The molecule has 1 saturated heterocycles. The van der Waals surface area contributed by atoms with Crippen molar-refractivity contribution in [2.45, 2.75) is 25.4 Å². The van der Waals surface area contributed by atoms with Gasteiger partial charge in [0.25, 0.3) is 5.91 Å². The van der Waals surface area contributed by atoms with Crippen LogP contribution in [0, 0.1) is 0 Å². The number of carbonyl (C=O) groups is 2. The summed E-state index contributed by atoms with van der Waals surface area (Å²) in [7, 11) is 1.52. The standard InChI is InChI=1S/C23H29N3O5/c1-29-17-22(27)26-13-9-20(10-14-26)31-19-7-5-18(6-8-19)23(28)25-12-3-15-30-21-4-2-11-24-16-21/h2,4-8,11,16,20H,3,9-10,12-15,17H2,1H3,(H,25,28). The van der Waals surface area contributed by atoms with Crippen LogP contribution in [0.25, 0.3) is 0 Å². The Bertz CT molecular complexity index is 821. The summed E-state index contributed by atoms with van der Waals surface area (Å²) in [5.74, 6) is 1.33. The fourth-order valence-electron chi connectivity index (χ4n) is 3.31. The number of hydrogen-bond acceptors (Lipinski definition) is 6. The first kappa shape index (κ1) is 22.6. The number of benzene rings is 1. The van der Waals surface area contributed by atoms with Gasteiger partial charge >= 0.3 is 0 Å². The Kier molecular flexibility index (Phi) is 8.66. The second-order valence-corrected chi connectivity index (χ2v) is 7.30. The van der Waals surface area contributed by atoms with Crippen molar-refractivity contribution in [1.29, 1.82) is 0 Å². The number of hydrogen-bond donors (Lipinski definition) is 1. The van der Waals surface area contributed by atoms with Crippen molar-refractivity contribution >= 4 is 11.8 Å². The number of carbonyl (C=O) groups excluding carboxylic acids is 2. The van der Waals surface area contributed by atoms with Crippen LogP contribution in [-0.2, 0) is 9.53 Å². The Balaban J connectivity index is 1.35. The molecule has 0 radical (unpaired) electrons. The topological polar surface area (TPSA) is 90.0 Å². The monoisotopic (exact) mass is 427 g/mol. The summed E-state index contributed by atoms with van der Waals surface area (Å²) in [5, 5.41) is 2.89. The van der Waals surface area contributed by atoms with Crippen LogP contribution in [-0.4, -0.2) is 67.8 Å². The number of pyridine rings is 1. The van der Waals surface area contributed by atoms with Gasteiger partial charge in [-0.3, -0.25) is 14.6 Å². The summed E-state index contributed by atoms with van der Waals surface area (Å²) in [4.78, 5) is 29.9. The van der Waals surface area contributed by atoms with Crippen LogP contribution < -0.4 is 14.8 Å². The number of ether oxygens (including phenoxy) is 3. The van der Waals surface area contributed by atoms with Crippen molar-refractivity contribution < 1.29 is 23.8 Å². The molecule has 1 N–H and O–H groups in total. The summed E-state index contributed by atoms with van der Waals surface area (Å²) in [6.07, 6.45) is 5.67. The summed E-state index contributed by atoms with van der Waals surface area (Å²) < 4.78 is 16.5. The van der Waals surface area contributed by atoms with Crippen LogP contribution >= 0.6 is 0 Å². The van der Waals surface area contributed by atoms with Crippen molar-refractivity contribution in [3.05, 3.63) is 54.4 Å². The number of piperidine rings is 1. The lowest BCUT2D eigenvalue weighted by molar-refractivity contribution is -0.136. The van der Waals surface area contributed by atoms with Gasteiger partial charge in [-0.1, -0.05) is 0 Å². The zero-order valence-electron chi connectivity index (χ0n) is 17.8. The highest BCUT2D eigenvalue weighted by Gasteiger charge is 2.23. The molecule has 8 nitrogen and oxygen atoms in total. The van der Waals surface area contributed by atoms with Gasteiger partial charge in [0.05, 0.1) is 12.8 Å². The molecule has 1 aromatic heterocycles. The summed E-state index contributed by atoms with van der Waals surface area (Å²) in [6, 6.07) is 10.8. The van der Waals surface area contributed by atoms with E-state index in [9.17, 15) is 9.59 Å². The van der Waals surface area contributed by atoms with E-state index in [1.807, 2.05) is 24.3 Å². The van der Waals surface area contributed by atoms with Gasteiger partial charge in [0.2, 0.25) is 5.91 Å². The number of nitrogens with one attached hydrogen (secondary N) is 1. The molecule has 1 fully saturated rings. The SMILES string of the molecule is COCC(=O)N1CCC(Oc2ccc(C(=O)NCCCOc3cccnc3)cc2)CC1. The summed E-state index contributed by atoms with van der Waals surface area (Å²) >= 11 is 0. The highest BCUT2D eigenvalue weighted by atomic mass is 16.5. The van der Waals surface area contributed by atoms with Crippen molar-refractivity contribution in [2.75, 3.05) is 40.0 Å². The van der Waals surface area contributed by atoms with E-state index in [0.717, 1.165) is 24.3 Å². The molecule has 0 spiro atoms. The quantitative estimate of drug-likeness (QED) is 0.585. The van der Waals surface area contributed by atoms with E-state index in [-0.39, 0.29) is 24.5 Å². The molecule has 0 saturated carbocycles. The maximum Gasteiger partial charge on any atom is 0.251 e. The van der Waals surface area contributed by atoms with Gasteiger partial charge in [-0.2, -0.15) is 0 Å².